The van der Waals surface area contributed by atoms with Crippen molar-refractivity contribution in [2.24, 2.45) is 0 Å². The van der Waals surface area contributed by atoms with E-state index in [4.69, 9.17) is 10.5 Å². The number of nitrogens with zero attached hydrogens (tertiary/aromatic N) is 1. The van der Waals surface area contributed by atoms with Crippen LogP contribution in [-0.2, 0) is 5.41 Å². The summed E-state index contributed by atoms with van der Waals surface area (Å²) in [7, 11) is 0. The van der Waals surface area contributed by atoms with Gasteiger partial charge >= 0.3 is 0 Å². The van der Waals surface area contributed by atoms with Gasteiger partial charge < -0.3 is 10.5 Å². The number of nitrogens with two attached hydrogens (primary N) is 1. The van der Waals surface area contributed by atoms with Crippen molar-refractivity contribution in [3.05, 3.63) is 17.8 Å². The highest BCUT2D eigenvalue weighted by atomic mass is 16.5. The minimum atomic E-state index is 0.0653. The molecule has 0 spiro atoms. The molecule has 0 unspecified atom stereocenters. The van der Waals surface area contributed by atoms with Gasteiger partial charge in [-0.15, -0.1) is 0 Å². The van der Waals surface area contributed by atoms with E-state index in [1.807, 2.05) is 26.1 Å². The standard InChI is InChI=1S/C12H20N2O/c1-8(2)15-10-6-9(12(3,4)5)7-14-11(10)13/h6-8H,1-5H3,(H2,13,14). The predicted molar refractivity (Wildman–Crippen MR) is 63.1 cm³/mol. The topological polar surface area (TPSA) is 48.1 Å². The Hall–Kier alpha value is -1.25. The molecule has 15 heavy (non-hydrogen) atoms. The Morgan fingerprint density at radius 3 is 2.40 bits per heavy atom. The van der Waals surface area contributed by atoms with E-state index in [0.717, 1.165) is 5.56 Å². The van der Waals surface area contributed by atoms with E-state index >= 15 is 0 Å². The van der Waals surface area contributed by atoms with Crippen molar-refractivity contribution < 1.29 is 4.74 Å². The number of aromatic nitrogens is 1. The van der Waals surface area contributed by atoms with Crippen molar-refractivity contribution in [2.45, 2.75) is 46.1 Å². The lowest BCUT2D eigenvalue weighted by Crippen LogP contribution is -2.14. The zero-order valence-corrected chi connectivity index (χ0v) is 10.2. The number of rotatable bonds is 2. The molecule has 1 aromatic heterocycles. The van der Waals surface area contributed by atoms with Crippen molar-refractivity contribution in [3.8, 4) is 5.75 Å². The van der Waals surface area contributed by atoms with Crippen LogP contribution in [0.25, 0.3) is 0 Å². The molecule has 0 saturated heterocycles. The van der Waals surface area contributed by atoms with E-state index < -0.39 is 0 Å². The van der Waals surface area contributed by atoms with E-state index in [1.165, 1.54) is 0 Å². The zero-order valence-electron chi connectivity index (χ0n) is 10.2. The Balaban J connectivity index is 3.06. The minimum absolute atomic E-state index is 0.0653. The van der Waals surface area contributed by atoms with Crippen LogP contribution in [0.5, 0.6) is 5.75 Å². The highest BCUT2D eigenvalue weighted by Gasteiger charge is 2.16. The summed E-state index contributed by atoms with van der Waals surface area (Å²) in [5, 5.41) is 0. The van der Waals surface area contributed by atoms with Crippen LogP contribution < -0.4 is 10.5 Å². The molecule has 1 rings (SSSR count). The van der Waals surface area contributed by atoms with Crippen molar-refractivity contribution in [1.29, 1.82) is 0 Å². The molecule has 0 fully saturated rings. The average Bonchev–Trinajstić information content (AvgIpc) is 2.06. The van der Waals surface area contributed by atoms with Crippen LogP contribution in [-0.4, -0.2) is 11.1 Å². The molecule has 2 N–H and O–H groups in total. The molecule has 0 saturated carbocycles. The molecular formula is C12H20N2O. The van der Waals surface area contributed by atoms with Crippen LogP contribution in [0, 0.1) is 0 Å². The Morgan fingerprint density at radius 1 is 1.33 bits per heavy atom. The van der Waals surface area contributed by atoms with E-state index in [1.54, 1.807) is 0 Å². The summed E-state index contributed by atoms with van der Waals surface area (Å²) in [5.41, 5.74) is 6.94. The quantitative estimate of drug-likeness (QED) is 0.813. The van der Waals surface area contributed by atoms with Gasteiger partial charge in [0.1, 0.15) is 0 Å². The molecule has 1 aromatic rings. The molecule has 0 atom stereocenters. The first-order chi connectivity index (χ1) is 6.80. The van der Waals surface area contributed by atoms with Crippen LogP contribution in [0.2, 0.25) is 0 Å². The summed E-state index contributed by atoms with van der Waals surface area (Å²) in [6.45, 7) is 10.4. The second kappa shape index (κ2) is 4.09. The first-order valence-electron chi connectivity index (χ1n) is 5.23. The van der Waals surface area contributed by atoms with Gasteiger partial charge in [0.25, 0.3) is 0 Å². The Bertz CT molecular complexity index is 340. The average molecular weight is 208 g/mol. The maximum atomic E-state index is 5.74. The summed E-state index contributed by atoms with van der Waals surface area (Å²) < 4.78 is 5.59. The summed E-state index contributed by atoms with van der Waals surface area (Å²) in [6.07, 6.45) is 1.92. The SMILES string of the molecule is CC(C)Oc1cc(C(C)(C)C)cnc1N. The monoisotopic (exact) mass is 208 g/mol. The van der Waals surface area contributed by atoms with Gasteiger partial charge in [-0.1, -0.05) is 20.8 Å². The molecule has 3 nitrogen and oxygen atoms in total. The molecule has 1 heterocycles. The largest absolute Gasteiger partial charge is 0.487 e. The van der Waals surface area contributed by atoms with Crippen LogP contribution >= 0.6 is 0 Å². The van der Waals surface area contributed by atoms with Gasteiger partial charge in [0, 0.05) is 6.20 Å². The summed E-state index contributed by atoms with van der Waals surface area (Å²) in [6, 6.07) is 1.97. The lowest BCUT2D eigenvalue weighted by atomic mass is 9.88. The number of hydrogen-bond acceptors (Lipinski definition) is 3. The maximum absolute atomic E-state index is 5.74. The molecule has 0 bridgehead atoms. The number of hydrogen-bond donors (Lipinski definition) is 1. The fourth-order valence-electron chi connectivity index (χ4n) is 1.21. The molecule has 0 aromatic carbocycles. The van der Waals surface area contributed by atoms with E-state index in [9.17, 15) is 0 Å². The van der Waals surface area contributed by atoms with Crippen molar-refractivity contribution >= 4 is 5.82 Å². The van der Waals surface area contributed by atoms with Gasteiger partial charge in [-0.2, -0.15) is 0 Å². The Kier molecular flexibility index (Phi) is 3.22. The summed E-state index contributed by atoms with van der Waals surface area (Å²) in [5.74, 6) is 1.13. The van der Waals surface area contributed by atoms with Crippen molar-refractivity contribution in [3.63, 3.8) is 0 Å². The van der Waals surface area contributed by atoms with Crippen LogP contribution in [0.15, 0.2) is 12.3 Å². The fraction of sp³-hybridized carbons (Fsp3) is 0.583. The molecule has 0 aliphatic carbocycles. The number of ether oxygens (including phenoxy) is 1. The van der Waals surface area contributed by atoms with E-state index in [0.29, 0.717) is 11.6 Å². The van der Waals surface area contributed by atoms with Crippen LogP contribution in [0.1, 0.15) is 40.2 Å². The summed E-state index contributed by atoms with van der Waals surface area (Å²) in [4.78, 5) is 4.15. The molecule has 0 radical (unpaired) electrons. The van der Waals surface area contributed by atoms with Gasteiger partial charge in [0.2, 0.25) is 0 Å². The smallest absolute Gasteiger partial charge is 0.166 e. The first kappa shape index (κ1) is 11.8. The zero-order chi connectivity index (χ0) is 11.6. The molecule has 3 heteroatoms. The predicted octanol–water partition coefficient (Wildman–Crippen LogP) is 2.75. The van der Waals surface area contributed by atoms with Crippen LogP contribution in [0.4, 0.5) is 5.82 Å². The van der Waals surface area contributed by atoms with Crippen molar-refractivity contribution in [2.75, 3.05) is 5.73 Å². The third-order valence-corrected chi connectivity index (χ3v) is 2.11. The Morgan fingerprint density at radius 2 is 1.93 bits per heavy atom. The lowest BCUT2D eigenvalue weighted by molar-refractivity contribution is 0.242. The van der Waals surface area contributed by atoms with E-state index in [2.05, 4.69) is 25.8 Å². The number of pyridine rings is 1. The normalized spacial score (nSPS) is 11.9. The summed E-state index contributed by atoms with van der Waals surface area (Å²) >= 11 is 0. The highest BCUT2D eigenvalue weighted by molar-refractivity contribution is 5.48. The molecule has 0 amide bonds. The van der Waals surface area contributed by atoms with Crippen molar-refractivity contribution in [1.82, 2.24) is 4.98 Å². The molecular weight excluding hydrogens is 188 g/mol. The van der Waals surface area contributed by atoms with Crippen LogP contribution in [0.3, 0.4) is 0 Å². The minimum Gasteiger partial charge on any atom is -0.487 e. The molecule has 0 aliphatic rings. The maximum Gasteiger partial charge on any atom is 0.166 e. The Labute approximate surface area is 91.7 Å². The fourth-order valence-corrected chi connectivity index (χ4v) is 1.21. The van der Waals surface area contributed by atoms with E-state index in [-0.39, 0.29) is 11.5 Å². The second-order valence-corrected chi connectivity index (χ2v) is 5.02. The van der Waals surface area contributed by atoms with Gasteiger partial charge in [-0.05, 0) is 30.9 Å². The second-order valence-electron chi connectivity index (χ2n) is 5.02. The first-order valence-corrected chi connectivity index (χ1v) is 5.23. The third kappa shape index (κ3) is 3.11. The third-order valence-electron chi connectivity index (χ3n) is 2.11. The molecule has 84 valence electrons. The number of anilines is 1. The lowest BCUT2D eigenvalue weighted by Gasteiger charge is -2.20. The number of nitrogen functional groups attached to an aromatic ring is 1. The van der Waals surface area contributed by atoms with Gasteiger partial charge in [-0.25, -0.2) is 4.98 Å². The van der Waals surface area contributed by atoms with Gasteiger partial charge in [-0.3, -0.25) is 0 Å². The van der Waals surface area contributed by atoms with Gasteiger partial charge in [0.15, 0.2) is 11.6 Å². The van der Waals surface area contributed by atoms with Gasteiger partial charge in [0.05, 0.1) is 6.10 Å². The highest BCUT2D eigenvalue weighted by Crippen LogP contribution is 2.28. The molecule has 0 aliphatic heterocycles.